The lowest BCUT2D eigenvalue weighted by Crippen LogP contribution is -2.27. The van der Waals surface area contributed by atoms with Crippen molar-refractivity contribution in [3.05, 3.63) is 45.7 Å². The second-order valence-corrected chi connectivity index (χ2v) is 5.19. The smallest absolute Gasteiger partial charge is 0.254 e. The average Bonchev–Trinajstić information content (AvgIpc) is 2.87. The molecule has 1 unspecified atom stereocenters. The lowest BCUT2D eigenvalue weighted by molar-refractivity contribution is 0.0935. The second kappa shape index (κ2) is 5.36. The van der Waals surface area contributed by atoms with E-state index >= 15 is 0 Å². The van der Waals surface area contributed by atoms with Crippen LogP contribution in [0, 0.1) is 12.7 Å². The Morgan fingerprint density at radius 3 is 2.89 bits per heavy atom. The van der Waals surface area contributed by atoms with E-state index in [2.05, 4.69) is 10.3 Å². The van der Waals surface area contributed by atoms with E-state index in [0.717, 1.165) is 5.01 Å². The van der Waals surface area contributed by atoms with Crippen molar-refractivity contribution in [1.29, 1.82) is 0 Å². The average molecular weight is 279 g/mol. The quantitative estimate of drug-likeness (QED) is 0.849. The van der Waals surface area contributed by atoms with Crippen LogP contribution in [0.4, 0.5) is 10.1 Å². The van der Waals surface area contributed by atoms with Gasteiger partial charge in [-0.1, -0.05) is 0 Å². The number of nitrogens with two attached hydrogens (primary N) is 1. The molecule has 0 saturated heterocycles. The summed E-state index contributed by atoms with van der Waals surface area (Å²) < 4.78 is 13.9. The molecule has 2 aromatic rings. The van der Waals surface area contributed by atoms with E-state index in [1.54, 1.807) is 20.0 Å². The van der Waals surface area contributed by atoms with Crippen molar-refractivity contribution in [2.24, 2.45) is 0 Å². The zero-order chi connectivity index (χ0) is 14.0. The monoisotopic (exact) mass is 279 g/mol. The number of nitrogens with zero attached hydrogens (tertiary/aromatic N) is 1. The molecule has 0 spiro atoms. The van der Waals surface area contributed by atoms with E-state index in [4.69, 9.17) is 5.73 Å². The molecule has 1 atom stereocenters. The topological polar surface area (TPSA) is 68.0 Å². The first-order valence-corrected chi connectivity index (χ1v) is 6.63. The molecule has 4 nitrogen and oxygen atoms in total. The van der Waals surface area contributed by atoms with Crippen molar-refractivity contribution in [3.8, 4) is 0 Å². The van der Waals surface area contributed by atoms with Crippen LogP contribution in [0.2, 0.25) is 0 Å². The summed E-state index contributed by atoms with van der Waals surface area (Å²) in [5.41, 5.74) is 6.31. The van der Waals surface area contributed by atoms with E-state index in [9.17, 15) is 9.18 Å². The number of carbonyl (C=O) groups is 1. The highest BCUT2D eigenvalue weighted by atomic mass is 32.1. The van der Waals surface area contributed by atoms with Gasteiger partial charge in [-0.15, -0.1) is 11.3 Å². The zero-order valence-electron chi connectivity index (χ0n) is 10.6. The number of rotatable bonds is 3. The summed E-state index contributed by atoms with van der Waals surface area (Å²) in [5.74, 6) is -1.03. The van der Waals surface area contributed by atoms with Gasteiger partial charge in [-0.2, -0.15) is 0 Å². The Kier molecular flexibility index (Phi) is 3.80. The molecule has 0 bridgehead atoms. The Labute approximate surface area is 114 Å². The van der Waals surface area contributed by atoms with Crippen molar-refractivity contribution in [3.63, 3.8) is 0 Å². The number of carbonyl (C=O) groups excluding carboxylic acids is 1. The van der Waals surface area contributed by atoms with Crippen LogP contribution in [0.3, 0.4) is 0 Å². The molecule has 6 heteroatoms. The molecule has 1 heterocycles. The number of anilines is 1. The van der Waals surface area contributed by atoms with Crippen LogP contribution in [-0.2, 0) is 0 Å². The summed E-state index contributed by atoms with van der Waals surface area (Å²) in [4.78, 5) is 16.2. The first-order valence-electron chi connectivity index (χ1n) is 5.75. The van der Waals surface area contributed by atoms with Gasteiger partial charge in [-0.05, 0) is 31.5 Å². The Bertz CT molecular complexity index is 598. The molecule has 0 radical (unpaired) electrons. The van der Waals surface area contributed by atoms with E-state index in [1.807, 2.05) is 5.38 Å². The number of hydrogen-bond donors (Lipinski definition) is 2. The highest BCUT2D eigenvalue weighted by Gasteiger charge is 2.18. The van der Waals surface area contributed by atoms with E-state index < -0.39 is 11.7 Å². The zero-order valence-corrected chi connectivity index (χ0v) is 11.4. The maximum absolute atomic E-state index is 13.9. The maximum atomic E-state index is 13.9. The van der Waals surface area contributed by atoms with Gasteiger partial charge in [-0.25, -0.2) is 9.37 Å². The molecule has 0 fully saturated rings. The molecular weight excluding hydrogens is 265 g/mol. The fourth-order valence-electron chi connectivity index (χ4n) is 1.75. The minimum absolute atomic E-state index is 0.0408. The highest BCUT2D eigenvalue weighted by Crippen LogP contribution is 2.19. The third-order valence-corrected chi connectivity index (χ3v) is 3.65. The molecule has 1 aromatic carbocycles. The van der Waals surface area contributed by atoms with Gasteiger partial charge in [0.15, 0.2) is 0 Å². The summed E-state index contributed by atoms with van der Waals surface area (Å²) >= 11 is 1.43. The Morgan fingerprint density at radius 1 is 1.53 bits per heavy atom. The lowest BCUT2D eigenvalue weighted by Gasteiger charge is -2.13. The number of halogens is 1. The van der Waals surface area contributed by atoms with Gasteiger partial charge in [0, 0.05) is 17.3 Å². The third-order valence-electron chi connectivity index (χ3n) is 2.69. The molecule has 100 valence electrons. The molecular formula is C13H14FN3OS. The summed E-state index contributed by atoms with van der Waals surface area (Å²) in [6.45, 7) is 3.38. The molecule has 0 aliphatic heterocycles. The second-order valence-electron chi connectivity index (χ2n) is 4.26. The fraction of sp³-hybridized carbons (Fsp3) is 0.231. The molecule has 0 aliphatic rings. The van der Waals surface area contributed by atoms with Crippen molar-refractivity contribution < 1.29 is 9.18 Å². The number of hydrogen-bond acceptors (Lipinski definition) is 4. The van der Waals surface area contributed by atoms with Crippen LogP contribution in [0.1, 0.15) is 33.9 Å². The molecule has 19 heavy (non-hydrogen) atoms. The van der Waals surface area contributed by atoms with Crippen LogP contribution in [-0.4, -0.2) is 10.9 Å². The van der Waals surface area contributed by atoms with Crippen LogP contribution in [0.25, 0.3) is 0 Å². The highest BCUT2D eigenvalue weighted by molar-refractivity contribution is 7.09. The van der Waals surface area contributed by atoms with Gasteiger partial charge >= 0.3 is 0 Å². The Hall–Kier alpha value is -1.95. The molecule has 1 aromatic heterocycles. The number of aromatic nitrogens is 1. The minimum atomic E-state index is -0.543. The van der Waals surface area contributed by atoms with Crippen LogP contribution < -0.4 is 11.1 Å². The number of benzene rings is 1. The summed E-state index contributed by atoms with van der Waals surface area (Å²) in [7, 11) is 0. The predicted octanol–water partition coefficient (Wildman–Crippen LogP) is 2.66. The normalized spacial score (nSPS) is 12.2. The van der Waals surface area contributed by atoms with Crippen molar-refractivity contribution in [2.75, 3.05) is 5.73 Å². The van der Waals surface area contributed by atoms with Crippen LogP contribution in [0.5, 0.6) is 0 Å². The number of aryl methyl sites for hydroxylation is 1. The van der Waals surface area contributed by atoms with E-state index in [-0.39, 0.29) is 11.6 Å². The number of nitrogen functional groups attached to an aromatic ring is 1. The third kappa shape index (κ3) is 2.90. The van der Waals surface area contributed by atoms with Crippen molar-refractivity contribution in [1.82, 2.24) is 10.3 Å². The largest absolute Gasteiger partial charge is 0.399 e. The van der Waals surface area contributed by atoms with Gasteiger partial charge < -0.3 is 11.1 Å². The molecule has 3 N–H and O–H groups in total. The molecule has 1 amide bonds. The fourth-order valence-corrected chi connectivity index (χ4v) is 2.39. The summed E-state index contributed by atoms with van der Waals surface area (Å²) in [5, 5.41) is 5.30. The van der Waals surface area contributed by atoms with Crippen LogP contribution in [0.15, 0.2) is 23.7 Å². The Balaban J connectivity index is 2.21. The van der Waals surface area contributed by atoms with Gasteiger partial charge in [0.05, 0.1) is 11.6 Å². The lowest BCUT2D eigenvalue weighted by atomic mass is 10.1. The molecule has 2 rings (SSSR count). The van der Waals surface area contributed by atoms with Crippen molar-refractivity contribution >= 4 is 22.9 Å². The maximum Gasteiger partial charge on any atom is 0.254 e. The number of thiazole rings is 1. The summed E-state index contributed by atoms with van der Waals surface area (Å²) in [6, 6.07) is 2.57. The summed E-state index contributed by atoms with van der Waals surface area (Å²) in [6.07, 6.45) is 1.66. The first kappa shape index (κ1) is 13.5. The Morgan fingerprint density at radius 2 is 2.26 bits per heavy atom. The van der Waals surface area contributed by atoms with Gasteiger partial charge in [0.2, 0.25) is 0 Å². The van der Waals surface area contributed by atoms with Gasteiger partial charge in [-0.3, -0.25) is 4.79 Å². The van der Waals surface area contributed by atoms with Crippen LogP contribution >= 0.6 is 11.3 Å². The first-order chi connectivity index (χ1) is 8.99. The van der Waals surface area contributed by atoms with Crippen molar-refractivity contribution in [2.45, 2.75) is 19.9 Å². The van der Waals surface area contributed by atoms with E-state index in [0.29, 0.717) is 11.3 Å². The predicted molar refractivity (Wildman–Crippen MR) is 73.5 cm³/mol. The molecule has 0 saturated carbocycles. The van der Waals surface area contributed by atoms with E-state index in [1.165, 1.54) is 23.5 Å². The molecule has 0 aliphatic carbocycles. The minimum Gasteiger partial charge on any atom is -0.399 e. The standard InChI is InChI=1S/C13H14FN3OS/c1-7-5-9(15)6-10(11(7)14)12(18)17-8(2)13-16-3-4-19-13/h3-6,8H,15H2,1-2H3,(H,17,18). The number of amides is 1. The number of nitrogens with one attached hydrogen (secondary N) is 1. The SMILES string of the molecule is Cc1cc(N)cc(C(=O)NC(C)c2nccs2)c1F. The van der Waals surface area contributed by atoms with Gasteiger partial charge in [0.1, 0.15) is 10.8 Å². The van der Waals surface area contributed by atoms with Gasteiger partial charge in [0.25, 0.3) is 5.91 Å².